The van der Waals surface area contributed by atoms with E-state index in [2.05, 4.69) is 5.32 Å². The van der Waals surface area contributed by atoms with Gasteiger partial charge in [0.1, 0.15) is 11.4 Å². The Kier molecular flexibility index (Phi) is 3.65. The lowest BCUT2D eigenvalue weighted by atomic mass is 10.00. The number of nitrogens with zero attached hydrogens (tertiary/aromatic N) is 1. The molecule has 0 aromatic heterocycles. The number of anilines is 1. The Morgan fingerprint density at radius 2 is 2.15 bits per heavy atom. The summed E-state index contributed by atoms with van der Waals surface area (Å²) in [5.74, 6) is -1.58. The second-order valence-corrected chi connectivity index (χ2v) is 5.25. The molecule has 1 aliphatic heterocycles. The number of carbonyl (C=O) groups is 2. The number of aryl methyl sites for hydroxylation is 1. The van der Waals surface area contributed by atoms with Crippen molar-refractivity contribution in [1.82, 2.24) is 4.90 Å². The number of nitrogens with one attached hydrogen (secondary N) is 1. The maximum Gasteiger partial charge on any atom is 0.329 e. The number of urea groups is 1. The van der Waals surface area contributed by atoms with Gasteiger partial charge in [-0.05, 0) is 44.4 Å². The maximum absolute atomic E-state index is 13.7. The fourth-order valence-corrected chi connectivity index (χ4v) is 2.42. The van der Waals surface area contributed by atoms with Crippen LogP contribution in [0.3, 0.4) is 0 Å². The van der Waals surface area contributed by atoms with E-state index in [1.807, 2.05) is 0 Å². The highest BCUT2D eigenvalue weighted by Crippen LogP contribution is 2.30. The average Bonchev–Trinajstić information content (AvgIpc) is 2.76. The minimum absolute atomic E-state index is 0.0558. The molecular weight excluding hydrogens is 263 g/mol. The molecule has 0 bridgehead atoms. The first-order chi connectivity index (χ1) is 9.34. The van der Waals surface area contributed by atoms with Crippen LogP contribution in [0.1, 0.15) is 25.3 Å². The number of amides is 2. The van der Waals surface area contributed by atoms with Crippen LogP contribution in [0.2, 0.25) is 0 Å². The largest absolute Gasteiger partial charge is 0.480 e. The number of halogens is 1. The summed E-state index contributed by atoms with van der Waals surface area (Å²) in [4.78, 5) is 24.7. The van der Waals surface area contributed by atoms with E-state index < -0.39 is 23.4 Å². The van der Waals surface area contributed by atoms with Crippen molar-refractivity contribution in [3.8, 4) is 0 Å². The number of rotatable bonds is 2. The third kappa shape index (κ3) is 2.45. The lowest BCUT2D eigenvalue weighted by Gasteiger charge is -2.31. The van der Waals surface area contributed by atoms with Crippen molar-refractivity contribution >= 4 is 17.7 Å². The van der Waals surface area contributed by atoms with Crippen molar-refractivity contribution in [3.05, 3.63) is 29.6 Å². The van der Waals surface area contributed by atoms with Crippen LogP contribution in [0, 0.1) is 12.7 Å². The highest BCUT2D eigenvalue weighted by Gasteiger charge is 2.46. The Balaban J connectivity index is 2.18. The van der Waals surface area contributed by atoms with E-state index in [0.29, 0.717) is 19.4 Å². The van der Waals surface area contributed by atoms with E-state index in [-0.39, 0.29) is 5.69 Å². The Morgan fingerprint density at radius 3 is 2.75 bits per heavy atom. The molecule has 20 heavy (non-hydrogen) atoms. The Bertz CT molecular complexity index is 561. The third-order valence-electron chi connectivity index (χ3n) is 3.71. The SMILES string of the molecule is Cc1ccc(NC(=O)N2CCCC2(C)C(=O)O)c(F)c1. The zero-order valence-corrected chi connectivity index (χ0v) is 11.4. The third-order valence-corrected chi connectivity index (χ3v) is 3.71. The molecule has 2 N–H and O–H groups in total. The van der Waals surface area contributed by atoms with Gasteiger partial charge in [0, 0.05) is 6.54 Å². The fraction of sp³-hybridized carbons (Fsp3) is 0.429. The number of hydrogen-bond acceptors (Lipinski definition) is 2. The lowest BCUT2D eigenvalue weighted by Crippen LogP contribution is -2.52. The second-order valence-electron chi connectivity index (χ2n) is 5.25. The summed E-state index contributed by atoms with van der Waals surface area (Å²) in [6.07, 6.45) is 1.01. The van der Waals surface area contributed by atoms with E-state index in [0.717, 1.165) is 5.56 Å². The smallest absolute Gasteiger partial charge is 0.329 e. The minimum atomic E-state index is -1.23. The van der Waals surface area contributed by atoms with E-state index in [9.17, 15) is 19.1 Å². The standard InChI is InChI=1S/C14H17FN2O3/c1-9-4-5-11(10(15)8-9)16-13(20)17-7-3-6-14(17,2)12(18)19/h4-5,8H,3,6-7H2,1-2H3,(H,16,20)(H,18,19). The highest BCUT2D eigenvalue weighted by atomic mass is 19.1. The zero-order valence-electron chi connectivity index (χ0n) is 11.4. The van der Waals surface area contributed by atoms with Gasteiger partial charge in [-0.25, -0.2) is 14.0 Å². The van der Waals surface area contributed by atoms with Gasteiger partial charge in [-0.3, -0.25) is 0 Å². The summed E-state index contributed by atoms with van der Waals surface area (Å²) in [6.45, 7) is 3.60. The highest BCUT2D eigenvalue weighted by molar-refractivity contribution is 5.94. The minimum Gasteiger partial charge on any atom is -0.480 e. The van der Waals surface area contributed by atoms with Gasteiger partial charge in [0.2, 0.25) is 0 Å². The molecule has 6 heteroatoms. The summed E-state index contributed by atoms with van der Waals surface area (Å²) >= 11 is 0. The van der Waals surface area contributed by atoms with Crippen LogP contribution in [0.4, 0.5) is 14.9 Å². The Morgan fingerprint density at radius 1 is 1.45 bits per heavy atom. The summed E-state index contributed by atoms with van der Waals surface area (Å²) in [5.41, 5.74) is -0.428. The molecule has 1 fully saturated rings. The maximum atomic E-state index is 13.7. The quantitative estimate of drug-likeness (QED) is 0.874. The molecule has 108 valence electrons. The Labute approximate surface area is 116 Å². The van der Waals surface area contributed by atoms with Gasteiger partial charge in [-0.2, -0.15) is 0 Å². The number of benzene rings is 1. The number of carboxylic acids is 1. The molecule has 2 rings (SSSR count). The summed E-state index contributed by atoms with van der Waals surface area (Å²) in [6, 6.07) is 3.88. The van der Waals surface area contributed by atoms with Gasteiger partial charge in [-0.1, -0.05) is 6.07 Å². The number of likely N-dealkylation sites (tertiary alicyclic amines) is 1. The molecule has 1 aromatic carbocycles. The summed E-state index contributed by atoms with van der Waals surface area (Å²) in [5, 5.41) is 11.7. The van der Waals surface area contributed by atoms with Crippen LogP contribution < -0.4 is 5.32 Å². The molecule has 0 spiro atoms. The topological polar surface area (TPSA) is 69.6 Å². The molecule has 1 unspecified atom stereocenters. The lowest BCUT2D eigenvalue weighted by molar-refractivity contribution is -0.146. The van der Waals surface area contributed by atoms with Gasteiger partial charge < -0.3 is 15.3 Å². The average molecular weight is 280 g/mol. The predicted octanol–water partition coefficient (Wildman–Crippen LogP) is 2.61. The summed E-state index contributed by atoms with van der Waals surface area (Å²) in [7, 11) is 0. The molecule has 0 aliphatic carbocycles. The molecule has 1 aromatic rings. The van der Waals surface area contributed by atoms with Crippen molar-refractivity contribution in [2.24, 2.45) is 0 Å². The first-order valence-corrected chi connectivity index (χ1v) is 6.43. The van der Waals surface area contributed by atoms with E-state index >= 15 is 0 Å². The van der Waals surface area contributed by atoms with Crippen molar-refractivity contribution in [3.63, 3.8) is 0 Å². The van der Waals surface area contributed by atoms with Crippen LogP contribution in [-0.4, -0.2) is 34.1 Å². The molecule has 5 nitrogen and oxygen atoms in total. The molecular formula is C14H17FN2O3. The van der Waals surface area contributed by atoms with Crippen molar-refractivity contribution in [2.45, 2.75) is 32.2 Å². The van der Waals surface area contributed by atoms with Crippen LogP contribution in [-0.2, 0) is 4.79 Å². The molecule has 0 saturated carbocycles. The van der Waals surface area contributed by atoms with Gasteiger partial charge in [0.05, 0.1) is 5.69 Å². The van der Waals surface area contributed by atoms with Crippen molar-refractivity contribution < 1.29 is 19.1 Å². The van der Waals surface area contributed by atoms with Crippen LogP contribution in [0.5, 0.6) is 0 Å². The molecule has 0 radical (unpaired) electrons. The number of carbonyl (C=O) groups excluding carboxylic acids is 1. The zero-order chi connectivity index (χ0) is 14.9. The Hall–Kier alpha value is -2.11. The second kappa shape index (κ2) is 5.11. The molecule has 1 saturated heterocycles. The molecule has 1 atom stereocenters. The van der Waals surface area contributed by atoms with Crippen LogP contribution >= 0.6 is 0 Å². The van der Waals surface area contributed by atoms with Gasteiger partial charge in [0.15, 0.2) is 0 Å². The predicted molar refractivity (Wildman–Crippen MR) is 72.1 cm³/mol. The van der Waals surface area contributed by atoms with E-state index in [1.54, 1.807) is 13.0 Å². The van der Waals surface area contributed by atoms with Gasteiger partial charge in [-0.15, -0.1) is 0 Å². The van der Waals surface area contributed by atoms with Crippen molar-refractivity contribution in [2.75, 3.05) is 11.9 Å². The number of hydrogen-bond donors (Lipinski definition) is 2. The van der Waals surface area contributed by atoms with E-state index in [1.165, 1.54) is 24.0 Å². The summed E-state index contributed by atoms with van der Waals surface area (Å²) < 4.78 is 13.7. The molecule has 1 heterocycles. The molecule has 2 amide bonds. The normalized spacial score (nSPS) is 21.9. The first-order valence-electron chi connectivity index (χ1n) is 6.43. The van der Waals surface area contributed by atoms with Crippen molar-refractivity contribution in [1.29, 1.82) is 0 Å². The number of aliphatic carboxylic acids is 1. The first kappa shape index (κ1) is 14.3. The number of carboxylic acid groups (broad SMARTS) is 1. The van der Waals surface area contributed by atoms with Gasteiger partial charge >= 0.3 is 12.0 Å². The fourth-order valence-electron chi connectivity index (χ4n) is 2.42. The van der Waals surface area contributed by atoms with E-state index in [4.69, 9.17) is 0 Å². The van der Waals surface area contributed by atoms with Crippen LogP contribution in [0.25, 0.3) is 0 Å². The van der Waals surface area contributed by atoms with Gasteiger partial charge in [0.25, 0.3) is 0 Å². The monoisotopic (exact) mass is 280 g/mol. The van der Waals surface area contributed by atoms with Crippen LogP contribution in [0.15, 0.2) is 18.2 Å². The molecule has 1 aliphatic rings.